The lowest BCUT2D eigenvalue weighted by Crippen LogP contribution is -2.58. The van der Waals surface area contributed by atoms with Crippen molar-refractivity contribution in [1.29, 1.82) is 15.8 Å². The summed E-state index contributed by atoms with van der Waals surface area (Å²) >= 11 is 56.7. The minimum absolute atomic E-state index is 0.00227. The Labute approximate surface area is 826 Å². The van der Waals surface area contributed by atoms with E-state index in [0.29, 0.717) is 112 Å². The molecule has 41 heteroatoms. The lowest BCUT2D eigenvalue weighted by atomic mass is 10.00. The van der Waals surface area contributed by atoms with Gasteiger partial charge in [0, 0.05) is 118 Å². The fraction of sp³-hybridized carbons (Fsp3) is 0.281. The van der Waals surface area contributed by atoms with E-state index < -0.39 is 99.1 Å². The zero-order valence-electron chi connectivity index (χ0n) is 75.4. The monoisotopic (exact) mass is 2040 g/mol. The second-order valence-electron chi connectivity index (χ2n) is 33.5. The largest absolute Gasteiger partial charge is 0.506 e. The Hall–Kier alpha value is -12.7. The van der Waals surface area contributed by atoms with Crippen LogP contribution in [0.5, 0.6) is 5.75 Å². The molecular formula is C96H84Cl9F5N20O7. The maximum Gasteiger partial charge on any atom is 0.276 e. The maximum atomic E-state index is 15.5. The normalized spacial score (nSPS) is 14.5. The highest BCUT2D eigenvalue weighted by atomic mass is 35.5. The molecule has 3 amide bonds. The number of nitriles is 3. The van der Waals surface area contributed by atoms with Crippen LogP contribution in [0.4, 0.5) is 50.4 Å². The highest BCUT2D eigenvalue weighted by Crippen LogP contribution is 2.51. The van der Waals surface area contributed by atoms with Crippen molar-refractivity contribution in [2.45, 2.75) is 113 Å². The first-order chi connectivity index (χ1) is 64.8. The second-order valence-corrected chi connectivity index (χ2v) is 37.0. The second kappa shape index (κ2) is 40.6. The Balaban J connectivity index is 0.000000174. The third kappa shape index (κ3) is 18.0. The van der Waals surface area contributed by atoms with Crippen molar-refractivity contribution in [2.24, 2.45) is 0 Å². The molecule has 0 bridgehead atoms. The van der Waals surface area contributed by atoms with Gasteiger partial charge in [0.05, 0.1) is 111 Å². The number of nitrogen functional groups attached to an aromatic ring is 2. The highest BCUT2D eigenvalue weighted by molar-refractivity contribution is 6.41. The molecule has 27 nitrogen and oxygen atoms in total. The van der Waals surface area contributed by atoms with E-state index in [1.165, 1.54) is 51.0 Å². The fourth-order valence-corrected chi connectivity index (χ4v) is 19.5. The first-order valence-electron chi connectivity index (χ1n) is 42.4. The number of carbonyl (C=O) groups is 3. The van der Waals surface area contributed by atoms with Crippen LogP contribution in [0.2, 0.25) is 45.2 Å². The summed E-state index contributed by atoms with van der Waals surface area (Å²) in [5, 5.41) is 39.1. The lowest BCUT2D eigenvalue weighted by Gasteiger charge is -2.45. The molecule has 9 aromatic heterocycles. The summed E-state index contributed by atoms with van der Waals surface area (Å²) in [5.74, 6) is -7.71. The molecular weight excluding hydrogens is 1960 g/mol. The summed E-state index contributed by atoms with van der Waals surface area (Å²) in [6.45, 7) is 35.7. The fourth-order valence-electron chi connectivity index (χ4n) is 17.5. The van der Waals surface area contributed by atoms with Crippen LogP contribution >= 0.6 is 104 Å². The molecule has 0 spiro atoms. The van der Waals surface area contributed by atoms with E-state index in [2.05, 4.69) is 62.9 Å². The first kappa shape index (κ1) is 102. The van der Waals surface area contributed by atoms with E-state index in [1.54, 1.807) is 81.2 Å². The summed E-state index contributed by atoms with van der Waals surface area (Å²) in [6.07, 6.45) is 8.57. The summed E-state index contributed by atoms with van der Waals surface area (Å²) in [4.78, 5) is 119. The van der Waals surface area contributed by atoms with Gasteiger partial charge < -0.3 is 46.0 Å². The van der Waals surface area contributed by atoms with Crippen molar-refractivity contribution >= 4 is 184 Å². The molecule has 3 aliphatic rings. The average Bonchev–Trinajstić information content (AvgIpc) is 0.729. The van der Waals surface area contributed by atoms with Gasteiger partial charge in [-0.05, 0) is 136 Å². The minimum atomic E-state index is -1.24. The molecule has 2 atom stereocenters. The number of piperazine rings is 3. The molecule has 3 aliphatic heterocycles. The number of halogens is 14. The van der Waals surface area contributed by atoms with Gasteiger partial charge in [-0.3, -0.25) is 57.4 Å². The van der Waals surface area contributed by atoms with Crippen LogP contribution in [0, 0.1) is 90.8 Å². The topological polar surface area (TPSA) is 358 Å². The van der Waals surface area contributed by atoms with Gasteiger partial charge in [0.15, 0.2) is 29.1 Å². The molecule has 0 unspecified atom stereocenters. The number of hydrogen-bond donors (Lipinski definition) is 3. The van der Waals surface area contributed by atoms with Crippen molar-refractivity contribution in [3.63, 3.8) is 0 Å². The third-order valence-corrected chi connectivity index (χ3v) is 27.1. The van der Waals surface area contributed by atoms with Crippen LogP contribution in [0.3, 0.4) is 0 Å². The van der Waals surface area contributed by atoms with Crippen molar-refractivity contribution in [1.82, 2.24) is 58.3 Å². The van der Waals surface area contributed by atoms with Crippen LogP contribution in [0.1, 0.15) is 129 Å². The van der Waals surface area contributed by atoms with Crippen molar-refractivity contribution in [3.8, 4) is 74.8 Å². The summed E-state index contributed by atoms with van der Waals surface area (Å²) in [7, 11) is 0. The number of nitrogens with two attached hydrogens (primary N) is 2. The van der Waals surface area contributed by atoms with Gasteiger partial charge in [-0.15, -0.1) is 0 Å². The molecule has 5 N–H and O–H groups in total. The highest BCUT2D eigenvalue weighted by Gasteiger charge is 2.40. The van der Waals surface area contributed by atoms with Crippen molar-refractivity contribution in [2.75, 3.05) is 91.6 Å². The molecule has 12 aromatic rings. The van der Waals surface area contributed by atoms with Crippen LogP contribution in [-0.4, -0.2) is 159 Å². The molecule has 12 heterocycles. The number of phenols is 1. The van der Waals surface area contributed by atoms with E-state index in [-0.39, 0.29) is 167 Å². The number of carbonyl (C=O) groups excluding carboxylic acids is 3. The Kier molecular flexibility index (Phi) is 30.1. The molecule has 15 rings (SSSR count). The maximum absolute atomic E-state index is 15.5. The van der Waals surface area contributed by atoms with Gasteiger partial charge in [-0.1, -0.05) is 166 Å². The Morgan fingerprint density at radius 3 is 1.02 bits per heavy atom. The lowest BCUT2D eigenvalue weighted by molar-refractivity contribution is -0.130. The number of hydrogen-bond acceptors (Lipinski definition) is 21. The van der Waals surface area contributed by atoms with Gasteiger partial charge in [-0.25, -0.2) is 36.9 Å². The van der Waals surface area contributed by atoms with Gasteiger partial charge in [0.25, 0.3) is 16.7 Å². The Morgan fingerprint density at radius 2 is 0.730 bits per heavy atom. The van der Waals surface area contributed by atoms with Gasteiger partial charge in [0.1, 0.15) is 82.7 Å². The van der Waals surface area contributed by atoms with Crippen LogP contribution in [-0.2, 0) is 14.4 Å². The summed E-state index contributed by atoms with van der Waals surface area (Å²) < 4.78 is 78.7. The van der Waals surface area contributed by atoms with E-state index in [0.717, 1.165) is 0 Å². The van der Waals surface area contributed by atoms with E-state index >= 15 is 8.78 Å². The van der Waals surface area contributed by atoms with Gasteiger partial charge >= 0.3 is 0 Å². The molecule has 3 saturated heterocycles. The number of benzene rings is 3. The molecule has 137 heavy (non-hydrogen) atoms. The summed E-state index contributed by atoms with van der Waals surface area (Å²) in [5.41, 5.74) is 13.1. The number of rotatable bonds is 15. The molecule has 0 saturated carbocycles. The Bertz CT molecular complexity index is 7120. The number of aromatic nitrogens is 9. The first-order valence-corrected chi connectivity index (χ1v) is 45.8. The standard InChI is InChI=1S/C34H32Cl3FN6O3.2C31H26Cl3F2N7O2/c1-8-23(45)43-17(5)13-42(14-18(43)6)31-20-11-22(35)29(24-19(7)25(36)27(38)26(37)32(24)46)41-33(20)44(34(47)21(31)12-39)30-16(4)9-10-40-28(30)15(2)3;2*1-5-19(44)41-8-10-42(11-9-41)29-16-12-18(32)27(20-23(35)21(33)24(36)22(34)25(20)38)40-30(16)43(31(45)17(29)13-37)28-15(4)6-7-39-26(28)14(2)3/h8-11,15,17-18,46H,1,13-14H2,2-7H3;2*5-7,12,14H,1,8-11,38H2,2-4H3/t17-,18+;;. The number of aromatic hydroxyl groups is 1. The number of nitrogens with zero attached hydrogens (tertiary/aromatic N) is 18. The van der Waals surface area contributed by atoms with Crippen molar-refractivity contribution < 1.29 is 41.4 Å². The van der Waals surface area contributed by atoms with E-state index in [9.17, 15) is 62.8 Å². The van der Waals surface area contributed by atoms with E-state index in [1.807, 2.05) is 67.2 Å². The van der Waals surface area contributed by atoms with Crippen molar-refractivity contribution in [3.05, 3.63) is 254 Å². The predicted molar refractivity (Wildman–Crippen MR) is 529 cm³/mol. The number of aryl methyl sites for hydroxylation is 3. The van der Waals surface area contributed by atoms with Crippen LogP contribution in [0.15, 0.2) is 107 Å². The molecule has 0 radical (unpaired) electrons. The third-order valence-electron chi connectivity index (χ3n) is 24.0. The average molecular weight is 2040 g/mol. The quantitative estimate of drug-likeness (QED) is 0.0282. The minimum Gasteiger partial charge on any atom is -0.506 e. The zero-order chi connectivity index (χ0) is 100. The van der Waals surface area contributed by atoms with Crippen LogP contribution < -0.4 is 42.8 Å². The number of amides is 3. The zero-order valence-corrected chi connectivity index (χ0v) is 82.2. The number of anilines is 5. The SMILES string of the molecule is C=CC(=O)N1CCN(c2c(C#N)c(=O)n(-c3c(C)ccnc3C(C)C)c3nc(-c4c(N)c(Cl)c(F)c(Cl)c4F)c(Cl)cc23)CC1.C=CC(=O)N1CCN(c2c(C#N)c(=O)n(-c3c(C)ccnc3C(C)C)c3nc(-c4c(N)c(Cl)c(F)c(Cl)c4F)c(Cl)cc23)CC1.C=CC(=O)N1[C@H](C)CN(c2c(C#N)c(=O)n(-c3c(C)ccnc3C(C)C)c3nc(-c4c(C)c(Cl)c(F)c(Cl)c4O)c(Cl)cc23)C[C@@H]1C. The predicted octanol–water partition coefficient (Wildman–Crippen LogP) is 20.3. The molecule has 0 aliphatic carbocycles. The molecule has 3 aromatic carbocycles. The van der Waals surface area contributed by atoms with Gasteiger partial charge in [-0.2, -0.15) is 15.8 Å². The van der Waals surface area contributed by atoms with E-state index in [4.69, 9.17) is 121 Å². The Morgan fingerprint density at radius 1 is 0.438 bits per heavy atom. The smallest absolute Gasteiger partial charge is 0.276 e. The number of phenolic OH excluding ortho intramolecular Hbond substituents is 1. The molecule has 708 valence electrons. The summed E-state index contributed by atoms with van der Waals surface area (Å²) in [6, 6.07) is 15.3. The number of pyridine rings is 9. The molecule has 3 fully saturated rings. The number of fused-ring (bicyclic) bond motifs is 3. The van der Waals surface area contributed by atoms with Crippen LogP contribution in [0.25, 0.3) is 83.9 Å². The van der Waals surface area contributed by atoms with Gasteiger partial charge in [0.2, 0.25) is 17.7 Å².